The Labute approximate surface area is 204 Å². The first-order chi connectivity index (χ1) is 16.3. The highest BCUT2D eigenvalue weighted by Crippen LogP contribution is 2.25. The zero-order chi connectivity index (χ0) is 24.3. The van der Waals surface area contributed by atoms with Crippen LogP contribution in [0.15, 0.2) is 72.8 Å². The number of aromatic nitrogens is 3. The quantitative estimate of drug-likeness (QED) is 0.360. The number of hydrogen-bond acceptors (Lipinski definition) is 5. The molecule has 0 aliphatic rings. The summed E-state index contributed by atoms with van der Waals surface area (Å²) in [6, 6.07) is 22.5. The van der Waals surface area contributed by atoms with Crippen molar-refractivity contribution >= 4 is 23.5 Å². The first-order valence-corrected chi connectivity index (χ1v) is 11.4. The minimum Gasteiger partial charge on any atom is -0.497 e. The molecule has 1 heterocycles. The molecule has 0 saturated heterocycles. The maximum atomic E-state index is 13.4. The Bertz CT molecular complexity index is 1290. The second-order valence-corrected chi connectivity index (χ2v) is 9.38. The smallest absolute Gasteiger partial charge is 0.281 e. The number of hydrogen-bond donors (Lipinski definition) is 1. The van der Waals surface area contributed by atoms with E-state index in [1.54, 1.807) is 7.11 Å². The highest BCUT2D eigenvalue weighted by atomic mass is 35.5. The van der Waals surface area contributed by atoms with Crippen LogP contribution in [0.5, 0.6) is 5.75 Å². The number of halogens is 1. The fraction of sp³-hybridized carbons (Fsp3) is 0.222. The van der Waals surface area contributed by atoms with Gasteiger partial charge in [0.25, 0.3) is 5.91 Å². The molecule has 0 amide bonds. The summed E-state index contributed by atoms with van der Waals surface area (Å²) < 4.78 is 6.55. The minimum absolute atomic E-state index is 0.00195. The number of carbonyl (C=O) groups excluding carboxylic acids is 1. The number of nitrogens with one attached hydrogen (secondary N) is 1. The Hall–Kier alpha value is -3.64. The van der Waals surface area contributed by atoms with Gasteiger partial charge in [-0.15, -0.1) is 5.10 Å². The zero-order valence-corrected chi connectivity index (χ0v) is 20.4. The van der Waals surface area contributed by atoms with Crippen molar-refractivity contribution in [1.82, 2.24) is 14.8 Å². The van der Waals surface area contributed by atoms with Crippen molar-refractivity contribution in [3.63, 3.8) is 0 Å². The van der Waals surface area contributed by atoms with E-state index < -0.39 is 0 Å². The third-order valence-electron chi connectivity index (χ3n) is 5.54. The van der Waals surface area contributed by atoms with Gasteiger partial charge in [0.1, 0.15) is 5.75 Å². The number of nitrogens with zero attached hydrogens (tertiary/aromatic N) is 3. The molecular formula is C27H27ClN4O2. The van der Waals surface area contributed by atoms with Gasteiger partial charge in [0.2, 0.25) is 5.95 Å². The Balaban J connectivity index is 1.69. The maximum Gasteiger partial charge on any atom is 0.281 e. The Morgan fingerprint density at radius 2 is 1.68 bits per heavy atom. The maximum absolute atomic E-state index is 13.4. The largest absolute Gasteiger partial charge is 0.497 e. The molecule has 174 valence electrons. The van der Waals surface area contributed by atoms with Crippen molar-refractivity contribution in [3.8, 4) is 17.1 Å². The molecule has 3 aromatic carbocycles. The molecule has 34 heavy (non-hydrogen) atoms. The van der Waals surface area contributed by atoms with Gasteiger partial charge < -0.3 is 10.1 Å². The molecule has 0 aliphatic heterocycles. The fourth-order valence-electron chi connectivity index (χ4n) is 3.48. The van der Waals surface area contributed by atoms with Crippen LogP contribution in [0.4, 0.5) is 5.95 Å². The van der Waals surface area contributed by atoms with Crippen molar-refractivity contribution in [2.24, 2.45) is 0 Å². The fourth-order valence-corrected chi connectivity index (χ4v) is 3.68. The molecule has 7 heteroatoms. The monoisotopic (exact) mass is 474 g/mol. The molecule has 0 bridgehead atoms. The summed E-state index contributed by atoms with van der Waals surface area (Å²) in [5, 5.41) is 8.41. The lowest BCUT2D eigenvalue weighted by atomic mass is 9.87. The van der Waals surface area contributed by atoms with Gasteiger partial charge in [-0.25, -0.2) is 0 Å². The van der Waals surface area contributed by atoms with E-state index >= 15 is 0 Å². The predicted octanol–water partition coefficient (Wildman–Crippen LogP) is 6.21. The number of ether oxygens (including phenoxy) is 1. The van der Waals surface area contributed by atoms with Gasteiger partial charge in [0, 0.05) is 22.7 Å². The molecular weight excluding hydrogens is 448 g/mol. The number of methoxy groups -OCH3 is 1. The van der Waals surface area contributed by atoms with Gasteiger partial charge >= 0.3 is 0 Å². The van der Waals surface area contributed by atoms with Gasteiger partial charge in [-0.3, -0.25) is 4.79 Å². The molecule has 0 fully saturated rings. The molecule has 0 saturated carbocycles. The molecule has 0 aliphatic carbocycles. The molecule has 1 N–H and O–H groups in total. The van der Waals surface area contributed by atoms with Crippen molar-refractivity contribution in [1.29, 1.82) is 0 Å². The molecule has 0 spiro atoms. The number of rotatable bonds is 6. The molecule has 4 aromatic rings. The highest BCUT2D eigenvalue weighted by Gasteiger charge is 2.20. The van der Waals surface area contributed by atoms with Crippen LogP contribution in [-0.4, -0.2) is 27.8 Å². The number of carbonyl (C=O) groups is 1. The first kappa shape index (κ1) is 23.5. The summed E-state index contributed by atoms with van der Waals surface area (Å²) in [5.74, 6) is 1.24. The van der Waals surface area contributed by atoms with Crippen LogP contribution in [-0.2, 0) is 12.0 Å². The van der Waals surface area contributed by atoms with Crippen LogP contribution < -0.4 is 10.1 Å². The van der Waals surface area contributed by atoms with E-state index in [0.717, 1.165) is 22.4 Å². The van der Waals surface area contributed by atoms with E-state index in [-0.39, 0.29) is 11.3 Å². The number of anilines is 1. The van der Waals surface area contributed by atoms with Crippen molar-refractivity contribution in [2.45, 2.75) is 32.7 Å². The molecule has 4 rings (SSSR count). The molecule has 0 atom stereocenters. The molecule has 0 radical (unpaired) electrons. The van der Waals surface area contributed by atoms with Crippen molar-refractivity contribution in [3.05, 3.63) is 94.5 Å². The van der Waals surface area contributed by atoms with Gasteiger partial charge in [-0.1, -0.05) is 62.7 Å². The van der Waals surface area contributed by atoms with Crippen LogP contribution in [0.25, 0.3) is 11.4 Å². The number of benzene rings is 3. The predicted molar refractivity (Wildman–Crippen MR) is 136 cm³/mol. The Kier molecular flexibility index (Phi) is 6.70. The van der Waals surface area contributed by atoms with Gasteiger partial charge in [-0.2, -0.15) is 9.67 Å². The lowest BCUT2D eigenvalue weighted by Gasteiger charge is -2.19. The van der Waals surface area contributed by atoms with Crippen LogP contribution in [0.1, 0.15) is 42.3 Å². The standard InChI is InChI=1S/C27H27ClN4O2/c1-27(2,3)21-13-9-19(10-14-21)25(33)32-26(29-17-20-7-5-6-8-23(20)28)30-24(31-32)18-11-15-22(34-4)16-12-18/h5-16H,17H2,1-4H3,(H,29,30,31). The summed E-state index contributed by atoms with van der Waals surface area (Å²) >= 11 is 6.31. The van der Waals surface area contributed by atoms with Crippen molar-refractivity contribution < 1.29 is 9.53 Å². The minimum atomic E-state index is -0.269. The average molecular weight is 475 g/mol. The molecule has 1 aromatic heterocycles. The van der Waals surface area contributed by atoms with Gasteiger partial charge in [0.05, 0.1) is 7.11 Å². The topological polar surface area (TPSA) is 69.0 Å². The lowest BCUT2D eigenvalue weighted by Crippen LogP contribution is -2.18. The molecule has 6 nitrogen and oxygen atoms in total. The lowest BCUT2D eigenvalue weighted by molar-refractivity contribution is 0.0947. The third-order valence-corrected chi connectivity index (χ3v) is 5.91. The van der Waals surface area contributed by atoms with E-state index in [4.69, 9.17) is 16.3 Å². The van der Waals surface area contributed by atoms with Gasteiger partial charge in [0.15, 0.2) is 5.82 Å². The van der Waals surface area contributed by atoms with E-state index in [0.29, 0.717) is 28.9 Å². The summed E-state index contributed by atoms with van der Waals surface area (Å²) in [6.07, 6.45) is 0. The van der Waals surface area contributed by atoms with Crippen molar-refractivity contribution in [2.75, 3.05) is 12.4 Å². The first-order valence-electron chi connectivity index (χ1n) is 11.0. The summed E-state index contributed by atoms with van der Waals surface area (Å²) in [5.41, 5.74) is 3.35. The zero-order valence-electron chi connectivity index (χ0n) is 19.7. The third kappa shape index (κ3) is 5.13. The SMILES string of the molecule is COc1ccc(-c2nc(NCc3ccccc3Cl)n(C(=O)c3ccc(C(C)(C)C)cc3)n2)cc1. The summed E-state index contributed by atoms with van der Waals surface area (Å²) in [4.78, 5) is 18.0. The average Bonchev–Trinajstić information content (AvgIpc) is 3.27. The summed E-state index contributed by atoms with van der Waals surface area (Å²) in [6.45, 7) is 6.81. The van der Waals surface area contributed by atoms with E-state index in [1.807, 2.05) is 72.8 Å². The van der Waals surface area contributed by atoms with E-state index in [1.165, 1.54) is 4.68 Å². The highest BCUT2D eigenvalue weighted by molar-refractivity contribution is 6.31. The Morgan fingerprint density at radius 3 is 2.29 bits per heavy atom. The van der Waals surface area contributed by atoms with Crippen LogP contribution in [0, 0.1) is 0 Å². The van der Waals surface area contributed by atoms with E-state index in [9.17, 15) is 4.79 Å². The van der Waals surface area contributed by atoms with Crippen LogP contribution >= 0.6 is 11.6 Å². The van der Waals surface area contributed by atoms with Gasteiger partial charge in [-0.05, 0) is 59.0 Å². The van der Waals surface area contributed by atoms with Crippen LogP contribution in [0.3, 0.4) is 0 Å². The van der Waals surface area contributed by atoms with Crippen LogP contribution in [0.2, 0.25) is 5.02 Å². The molecule has 0 unspecified atom stereocenters. The Morgan fingerprint density at radius 1 is 1.00 bits per heavy atom. The normalized spacial score (nSPS) is 11.3. The second kappa shape index (κ2) is 9.69. The second-order valence-electron chi connectivity index (χ2n) is 8.98. The van der Waals surface area contributed by atoms with E-state index in [2.05, 4.69) is 36.2 Å². The summed E-state index contributed by atoms with van der Waals surface area (Å²) in [7, 11) is 1.61.